The third kappa shape index (κ3) is 4.01. The van der Waals surface area contributed by atoms with E-state index in [2.05, 4.69) is 21.2 Å². The summed E-state index contributed by atoms with van der Waals surface area (Å²) in [5.74, 6) is 0.907. The van der Waals surface area contributed by atoms with Crippen LogP contribution in [0, 0.1) is 0 Å². The Kier molecular flexibility index (Phi) is 5.44. The fourth-order valence-corrected chi connectivity index (χ4v) is 2.33. The highest BCUT2D eigenvalue weighted by atomic mass is 79.9. The zero-order valence-corrected chi connectivity index (χ0v) is 14.3. The van der Waals surface area contributed by atoms with Crippen LogP contribution in [-0.2, 0) is 0 Å². The number of carbonyl (C=O) groups is 1. The van der Waals surface area contributed by atoms with E-state index in [0.717, 1.165) is 4.47 Å². The van der Waals surface area contributed by atoms with Crippen LogP contribution in [0.25, 0.3) is 0 Å². The Hall–Kier alpha value is -2.01. The van der Waals surface area contributed by atoms with Gasteiger partial charge in [0.15, 0.2) is 0 Å². The van der Waals surface area contributed by atoms with Gasteiger partial charge in [-0.25, -0.2) is 0 Å². The van der Waals surface area contributed by atoms with Crippen molar-refractivity contribution in [2.45, 2.75) is 20.0 Å². The van der Waals surface area contributed by atoms with Gasteiger partial charge in [0.25, 0.3) is 5.91 Å². The quantitative estimate of drug-likeness (QED) is 0.850. The Morgan fingerprint density at radius 1 is 1.14 bits per heavy atom. The normalized spacial score (nSPS) is 10.4. The van der Waals surface area contributed by atoms with E-state index in [4.69, 9.17) is 9.47 Å². The first-order valence-corrected chi connectivity index (χ1v) is 7.71. The molecule has 4 nitrogen and oxygen atoms in total. The van der Waals surface area contributed by atoms with Gasteiger partial charge in [-0.05, 0) is 44.2 Å². The molecule has 0 fully saturated rings. The molecule has 2 aromatic carbocycles. The Morgan fingerprint density at radius 3 is 2.55 bits per heavy atom. The second-order valence-corrected chi connectivity index (χ2v) is 5.88. The lowest BCUT2D eigenvalue weighted by Gasteiger charge is -2.15. The maximum Gasteiger partial charge on any atom is 0.259 e. The predicted octanol–water partition coefficient (Wildman–Crippen LogP) is 4.50. The molecule has 0 aliphatic carbocycles. The van der Waals surface area contributed by atoms with Gasteiger partial charge < -0.3 is 14.8 Å². The first-order valence-electron chi connectivity index (χ1n) is 6.92. The maximum absolute atomic E-state index is 12.6. The zero-order chi connectivity index (χ0) is 16.1. The molecule has 0 saturated heterocycles. The number of halogens is 1. The highest BCUT2D eigenvalue weighted by Crippen LogP contribution is 2.28. The Balaban J connectivity index is 2.30. The summed E-state index contributed by atoms with van der Waals surface area (Å²) in [6.07, 6.45) is -0.0148. The second kappa shape index (κ2) is 7.31. The van der Waals surface area contributed by atoms with Crippen LogP contribution in [0.15, 0.2) is 46.9 Å². The van der Waals surface area contributed by atoms with E-state index in [-0.39, 0.29) is 12.0 Å². The summed E-state index contributed by atoms with van der Waals surface area (Å²) >= 11 is 3.38. The number of benzene rings is 2. The average molecular weight is 364 g/mol. The number of nitrogens with one attached hydrogen (secondary N) is 1. The van der Waals surface area contributed by atoms with E-state index in [9.17, 15) is 4.79 Å². The molecule has 0 bridgehead atoms. The number of hydrogen-bond acceptors (Lipinski definition) is 3. The fourth-order valence-electron chi connectivity index (χ4n) is 1.97. The lowest BCUT2D eigenvalue weighted by Crippen LogP contribution is -2.16. The van der Waals surface area contributed by atoms with E-state index in [1.807, 2.05) is 32.0 Å². The summed E-state index contributed by atoms with van der Waals surface area (Å²) in [5.41, 5.74) is 1.08. The molecule has 0 spiro atoms. The standard InChI is InChI=1S/C17H18BrNO3/c1-11(2)22-15-9-8-12(18)10-13(15)17(20)19-14-6-4-5-7-16(14)21-3/h4-11H,1-3H3,(H,19,20). The van der Waals surface area contributed by atoms with Gasteiger partial charge in [-0.3, -0.25) is 4.79 Å². The Labute approximate surface area is 138 Å². The summed E-state index contributed by atoms with van der Waals surface area (Å²) in [7, 11) is 1.57. The summed E-state index contributed by atoms with van der Waals surface area (Å²) in [5, 5.41) is 2.85. The van der Waals surface area contributed by atoms with Gasteiger partial charge in [-0.15, -0.1) is 0 Å². The molecule has 2 rings (SSSR count). The molecule has 1 N–H and O–H groups in total. The van der Waals surface area contributed by atoms with Gasteiger partial charge in [0, 0.05) is 4.47 Å². The van der Waals surface area contributed by atoms with Crippen LogP contribution in [0.1, 0.15) is 24.2 Å². The van der Waals surface area contributed by atoms with E-state index in [0.29, 0.717) is 22.7 Å². The SMILES string of the molecule is COc1ccccc1NC(=O)c1cc(Br)ccc1OC(C)C. The van der Waals surface area contributed by atoms with E-state index in [1.54, 1.807) is 31.4 Å². The van der Waals surface area contributed by atoms with E-state index in [1.165, 1.54) is 0 Å². The molecular formula is C17H18BrNO3. The zero-order valence-electron chi connectivity index (χ0n) is 12.7. The van der Waals surface area contributed by atoms with Crippen LogP contribution in [0.5, 0.6) is 11.5 Å². The number of ether oxygens (including phenoxy) is 2. The minimum atomic E-state index is -0.249. The number of carbonyl (C=O) groups excluding carboxylic acids is 1. The topological polar surface area (TPSA) is 47.6 Å². The monoisotopic (exact) mass is 363 g/mol. The van der Waals surface area contributed by atoms with Gasteiger partial charge in [0.2, 0.25) is 0 Å². The predicted molar refractivity (Wildman–Crippen MR) is 90.9 cm³/mol. The third-order valence-corrected chi connectivity index (χ3v) is 3.40. The molecule has 0 aromatic heterocycles. The van der Waals surface area contributed by atoms with Crippen molar-refractivity contribution >= 4 is 27.5 Å². The molecule has 22 heavy (non-hydrogen) atoms. The highest BCUT2D eigenvalue weighted by molar-refractivity contribution is 9.10. The highest BCUT2D eigenvalue weighted by Gasteiger charge is 2.16. The van der Waals surface area contributed by atoms with Gasteiger partial charge in [0.1, 0.15) is 11.5 Å². The summed E-state index contributed by atoms with van der Waals surface area (Å²) in [6, 6.07) is 12.6. The molecule has 116 valence electrons. The molecule has 0 aliphatic heterocycles. The average Bonchev–Trinajstić information content (AvgIpc) is 2.49. The van der Waals surface area contributed by atoms with Gasteiger partial charge in [-0.2, -0.15) is 0 Å². The van der Waals surface area contributed by atoms with E-state index < -0.39 is 0 Å². The van der Waals surface area contributed by atoms with Gasteiger partial charge in [-0.1, -0.05) is 28.1 Å². The molecular weight excluding hydrogens is 346 g/mol. The van der Waals surface area contributed by atoms with Crippen LogP contribution in [0.2, 0.25) is 0 Å². The van der Waals surface area contributed by atoms with Crippen molar-refractivity contribution in [2.24, 2.45) is 0 Å². The minimum absolute atomic E-state index is 0.0148. The molecule has 0 atom stereocenters. The molecule has 0 heterocycles. The van der Waals surface area contributed by atoms with Crippen molar-refractivity contribution in [2.75, 3.05) is 12.4 Å². The number of hydrogen-bond donors (Lipinski definition) is 1. The van der Waals surface area contributed by atoms with Gasteiger partial charge in [0.05, 0.1) is 24.5 Å². The summed E-state index contributed by atoms with van der Waals surface area (Å²) in [6.45, 7) is 3.84. The lowest BCUT2D eigenvalue weighted by atomic mass is 10.1. The number of anilines is 1. The number of amides is 1. The van der Waals surface area contributed by atoms with Crippen molar-refractivity contribution in [1.82, 2.24) is 0 Å². The Morgan fingerprint density at radius 2 is 1.86 bits per heavy atom. The van der Waals surface area contributed by atoms with Crippen molar-refractivity contribution in [3.63, 3.8) is 0 Å². The molecule has 2 aromatic rings. The molecule has 5 heteroatoms. The van der Waals surface area contributed by atoms with Crippen LogP contribution in [0.3, 0.4) is 0 Å². The number of rotatable bonds is 5. The second-order valence-electron chi connectivity index (χ2n) is 4.96. The molecule has 0 saturated carbocycles. The van der Waals surface area contributed by atoms with Crippen LogP contribution in [0.4, 0.5) is 5.69 Å². The minimum Gasteiger partial charge on any atom is -0.495 e. The summed E-state index contributed by atoms with van der Waals surface area (Å²) < 4.78 is 11.8. The van der Waals surface area contributed by atoms with Crippen molar-refractivity contribution < 1.29 is 14.3 Å². The fraction of sp³-hybridized carbons (Fsp3) is 0.235. The van der Waals surface area contributed by atoms with Crippen LogP contribution >= 0.6 is 15.9 Å². The first kappa shape index (κ1) is 16.4. The summed E-state index contributed by atoms with van der Waals surface area (Å²) in [4.78, 5) is 12.6. The first-order chi connectivity index (χ1) is 10.5. The van der Waals surface area contributed by atoms with Crippen molar-refractivity contribution in [1.29, 1.82) is 0 Å². The van der Waals surface area contributed by atoms with Crippen LogP contribution in [-0.4, -0.2) is 19.1 Å². The number of para-hydroxylation sites is 2. The smallest absolute Gasteiger partial charge is 0.259 e. The van der Waals surface area contributed by atoms with Crippen LogP contribution < -0.4 is 14.8 Å². The molecule has 0 unspecified atom stereocenters. The Bertz CT molecular complexity index is 671. The van der Waals surface area contributed by atoms with Crippen molar-refractivity contribution in [3.05, 3.63) is 52.5 Å². The molecule has 0 aliphatic rings. The van der Waals surface area contributed by atoms with Gasteiger partial charge >= 0.3 is 0 Å². The molecule has 0 radical (unpaired) electrons. The van der Waals surface area contributed by atoms with Crippen molar-refractivity contribution in [3.8, 4) is 11.5 Å². The largest absolute Gasteiger partial charge is 0.495 e. The third-order valence-electron chi connectivity index (χ3n) is 2.90. The molecule has 1 amide bonds. The lowest BCUT2D eigenvalue weighted by molar-refractivity contribution is 0.102. The van der Waals surface area contributed by atoms with E-state index >= 15 is 0 Å². The number of methoxy groups -OCH3 is 1. The maximum atomic E-state index is 12.6.